The van der Waals surface area contributed by atoms with Crippen molar-refractivity contribution in [3.05, 3.63) is 58.7 Å². The summed E-state index contributed by atoms with van der Waals surface area (Å²) in [5.74, 6) is 0.341. The Hall–Kier alpha value is -3.26. The summed E-state index contributed by atoms with van der Waals surface area (Å²) in [6, 6.07) is 11.7. The summed E-state index contributed by atoms with van der Waals surface area (Å²) in [5.41, 5.74) is 3.45. The molecule has 0 fully saturated rings. The Kier molecular flexibility index (Phi) is 6.27. The van der Waals surface area contributed by atoms with E-state index in [0.29, 0.717) is 37.4 Å². The number of halogens is 1. The smallest absolute Gasteiger partial charge is 0.226 e. The lowest BCUT2D eigenvalue weighted by molar-refractivity contribution is -0.117. The van der Waals surface area contributed by atoms with E-state index in [1.54, 1.807) is 12.1 Å². The lowest BCUT2D eigenvalue weighted by Gasteiger charge is -2.17. The highest BCUT2D eigenvalue weighted by atomic mass is 32.1. The topological polar surface area (TPSA) is 80.3 Å². The predicted molar refractivity (Wildman–Crippen MR) is 119 cm³/mol. The summed E-state index contributed by atoms with van der Waals surface area (Å²) in [6.07, 6.45) is 2.06. The zero-order valence-corrected chi connectivity index (χ0v) is 17.9. The summed E-state index contributed by atoms with van der Waals surface area (Å²) >= 11 is 1.39. The molecule has 6 nitrogen and oxygen atoms in total. The van der Waals surface area contributed by atoms with Crippen LogP contribution >= 0.6 is 11.3 Å². The van der Waals surface area contributed by atoms with Gasteiger partial charge in [-0.05, 0) is 67.8 Å². The maximum atomic E-state index is 13.1. The molecular weight excluding hydrogens is 417 g/mol. The molecule has 8 heteroatoms. The second-order valence-electron chi connectivity index (χ2n) is 7.30. The third-order valence-corrected chi connectivity index (χ3v) is 5.84. The standard InChI is InChI=1S/C23H22FN3O3S/c1-14-22(15-4-7-17(24)8-5-15)27-23(31-14)26-20(28)3-2-12-30-18-9-10-19-16(13-18)6-11-21(29)25-19/h4-5,7-10,13H,2-3,6,11-12H2,1H3,(H,25,29)(H,26,27,28). The SMILES string of the molecule is Cc1sc(NC(=O)CCCOc2ccc3c(c2)CCC(=O)N3)nc1-c1ccc(F)cc1. The first-order chi connectivity index (χ1) is 15.0. The van der Waals surface area contributed by atoms with Crippen molar-refractivity contribution in [3.8, 4) is 17.0 Å². The summed E-state index contributed by atoms with van der Waals surface area (Å²) < 4.78 is 18.9. The lowest BCUT2D eigenvalue weighted by Crippen LogP contribution is -2.18. The van der Waals surface area contributed by atoms with Gasteiger partial charge in [0.2, 0.25) is 11.8 Å². The normalized spacial score (nSPS) is 12.8. The number of carbonyl (C=O) groups is 2. The Bertz CT molecular complexity index is 1110. The van der Waals surface area contributed by atoms with Crippen molar-refractivity contribution in [3.63, 3.8) is 0 Å². The van der Waals surface area contributed by atoms with Gasteiger partial charge in [-0.15, -0.1) is 11.3 Å². The Balaban J connectivity index is 1.25. The summed E-state index contributed by atoms with van der Waals surface area (Å²) in [4.78, 5) is 29.1. The molecule has 2 amide bonds. The predicted octanol–water partition coefficient (Wildman–Crippen LogP) is 4.94. The molecule has 0 radical (unpaired) electrons. The molecule has 2 aromatic carbocycles. The largest absolute Gasteiger partial charge is 0.494 e. The van der Waals surface area contributed by atoms with Crippen molar-refractivity contribution in [2.24, 2.45) is 0 Å². The van der Waals surface area contributed by atoms with Crippen LogP contribution in [-0.4, -0.2) is 23.4 Å². The van der Waals surface area contributed by atoms with Crippen LogP contribution in [0.3, 0.4) is 0 Å². The van der Waals surface area contributed by atoms with E-state index in [-0.39, 0.29) is 17.6 Å². The van der Waals surface area contributed by atoms with Crippen LogP contribution in [0.1, 0.15) is 29.7 Å². The molecule has 1 aliphatic heterocycles. The molecular formula is C23H22FN3O3S. The molecule has 0 bridgehead atoms. The van der Waals surface area contributed by atoms with E-state index in [9.17, 15) is 14.0 Å². The number of aromatic nitrogens is 1. The zero-order chi connectivity index (χ0) is 21.8. The second-order valence-corrected chi connectivity index (χ2v) is 8.50. The van der Waals surface area contributed by atoms with Crippen LogP contribution in [0, 0.1) is 12.7 Å². The van der Waals surface area contributed by atoms with Gasteiger partial charge < -0.3 is 15.4 Å². The average molecular weight is 440 g/mol. The van der Waals surface area contributed by atoms with E-state index >= 15 is 0 Å². The van der Waals surface area contributed by atoms with Gasteiger partial charge in [-0.25, -0.2) is 9.37 Å². The number of nitrogens with zero attached hydrogens (tertiary/aromatic N) is 1. The molecule has 1 aromatic heterocycles. The van der Waals surface area contributed by atoms with Crippen LogP contribution in [0.2, 0.25) is 0 Å². The van der Waals surface area contributed by atoms with Crippen molar-refractivity contribution in [1.82, 2.24) is 4.98 Å². The number of rotatable bonds is 7. The van der Waals surface area contributed by atoms with Crippen molar-refractivity contribution in [1.29, 1.82) is 0 Å². The van der Waals surface area contributed by atoms with Gasteiger partial charge in [0.1, 0.15) is 11.6 Å². The number of fused-ring (bicyclic) bond motifs is 1. The number of ether oxygens (including phenoxy) is 1. The maximum Gasteiger partial charge on any atom is 0.226 e. The summed E-state index contributed by atoms with van der Waals surface area (Å²) in [5, 5.41) is 6.20. The molecule has 160 valence electrons. The fourth-order valence-corrected chi connectivity index (χ4v) is 4.23. The highest BCUT2D eigenvalue weighted by Crippen LogP contribution is 2.30. The van der Waals surface area contributed by atoms with Crippen molar-refractivity contribution in [2.75, 3.05) is 17.2 Å². The van der Waals surface area contributed by atoms with Crippen LogP contribution in [-0.2, 0) is 16.0 Å². The van der Waals surface area contributed by atoms with Gasteiger partial charge in [0.25, 0.3) is 0 Å². The Morgan fingerprint density at radius 3 is 2.84 bits per heavy atom. The minimum absolute atomic E-state index is 0.0346. The summed E-state index contributed by atoms with van der Waals surface area (Å²) in [6.45, 7) is 2.33. The number of aryl methyl sites for hydroxylation is 2. The first kappa shape index (κ1) is 21.0. The van der Waals surface area contributed by atoms with E-state index in [1.165, 1.54) is 23.5 Å². The molecule has 0 aliphatic carbocycles. The fourth-order valence-electron chi connectivity index (χ4n) is 3.38. The van der Waals surface area contributed by atoms with Crippen LogP contribution in [0.25, 0.3) is 11.3 Å². The zero-order valence-electron chi connectivity index (χ0n) is 17.0. The van der Waals surface area contributed by atoms with Gasteiger partial charge in [0.15, 0.2) is 5.13 Å². The second kappa shape index (κ2) is 9.26. The first-order valence-corrected chi connectivity index (χ1v) is 10.9. The third kappa shape index (κ3) is 5.27. The van der Waals surface area contributed by atoms with E-state index < -0.39 is 0 Å². The number of carbonyl (C=O) groups excluding carboxylic acids is 2. The molecule has 2 N–H and O–H groups in total. The molecule has 31 heavy (non-hydrogen) atoms. The van der Waals surface area contributed by atoms with Gasteiger partial charge in [-0.2, -0.15) is 0 Å². The number of nitrogens with one attached hydrogen (secondary N) is 2. The maximum absolute atomic E-state index is 13.1. The van der Waals surface area contributed by atoms with Gasteiger partial charge in [0, 0.05) is 29.0 Å². The molecule has 0 unspecified atom stereocenters. The van der Waals surface area contributed by atoms with Crippen molar-refractivity contribution >= 4 is 34.0 Å². The van der Waals surface area contributed by atoms with Gasteiger partial charge >= 0.3 is 0 Å². The van der Waals surface area contributed by atoms with Gasteiger partial charge in [0.05, 0.1) is 12.3 Å². The van der Waals surface area contributed by atoms with Gasteiger partial charge in [-0.1, -0.05) is 0 Å². The average Bonchev–Trinajstić information content (AvgIpc) is 3.11. The quantitative estimate of drug-likeness (QED) is 0.511. The number of hydrogen-bond acceptors (Lipinski definition) is 5. The molecule has 0 saturated carbocycles. The first-order valence-electron chi connectivity index (χ1n) is 10.1. The summed E-state index contributed by atoms with van der Waals surface area (Å²) in [7, 11) is 0. The number of amides is 2. The van der Waals surface area contributed by atoms with Crippen LogP contribution in [0.15, 0.2) is 42.5 Å². The number of benzene rings is 2. The van der Waals surface area contributed by atoms with E-state index in [4.69, 9.17) is 4.74 Å². The van der Waals surface area contributed by atoms with Crippen LogP contribution in [0.5, 0.6) is 5.75 Å². The van der Waals surface area contributed by atoms with Crippen molar-refractivity contribution in [2.45, 2.75) is 32.6 Å². The molecule has 2 heterocycles. The minimum Gasteiger partial charge on any atom is -0.494 e. The Morgan fingerprint density at radius 1 is 1.23 bits per heavy atom. The molecule has 1 aliphatic rings. The number of anilines is 2. The number of hydrogen-bond donors (Lipinski definition) is 2. The highest BCUT2D eigenvalue weighted by Gasteiger charge is 2.15. The van der Waals surface area contributed by atoms with Crippen LogP contribution in [0.4, 0.5) is 15.2 Å². The minimum atomic E-state index is -0.297. The molecule has 0 spiro atoms. The van der Waals surface area contributed by atoms with Gasteiger partial charge in [-0.3, -0.25) is 9.59 Å². The lowest BCUT2D eigenvalue weighted by atomic mass is 10.0. The molecule has 0 saturated heterocycles. The van der Waals surface area contributed by atoms with Crippen LogP contribution < -0.4 is 15.4 Å². The number of thiazole rings is 1. The van der Waals surface area contributed by atoms with E-state index in [1.807, 2.05) is 25.1 Å². The Morgan fingerprint density at radius 2 is 2.03 bits per heavy atom. The third-order valence-electron chi connectivity index (χ3n) is 4.95. The molecule has 4 rings (SSSR count). The molecule has 3 aromatic rings. The fraction of sp³-hybridized carbons (Fsp3) is 0.261. The monoisotopic (exact) mass is 439 g/mol. The highest BCUT2D eigenvalue weighted by molar-refractivity contribution is 7.16. The molecule has 0 atom stereocenters. The van der Waals surface area contributed by atoms with Crippen molar-refractivity contribution < 1.29 is 18.7 Å². The Labute approximate surface area is 183 Å². The van der Waals surface area contributed by atoms with E-state index in [2.05, 4.69) is 15.6 Å². The van der Waals surface area contributed by atoms with E-state index in [0.717, 1.165) is 33.1 Å².